The molecular formula is C19H22BrF3N4O2S. The van der Waals surface area contributed by atoms with E-state index in [0.29, 0.717) is 47.5 Å². The number of nitrogens with zero attached hydrogens (tertiary/aromatic N) is 2. The maximum atomic E-state index is 13.2. The summed E-state index contributed by atoms with van der Waals surface area (Å²) in [6, 6.07) is 5.30. The van der Waals surface area contributed by atoms with Crippen molar-refractivity contribution in [2.45, 2.75) is 37.9 Å². The van der Waals surface area contributed by atoms with Crippen LogP contribution in [0.15, 0.2) is 22.7 Å². The molecule has 1 fully saturated rings. The maximum absolute atomic E-state index is 13.2. The molecule has 30 heavy (non-hydrogen) atoms. The number of rotatable bonds is 8. The Morgan fingerprint density at radius 1 is 1.30 bits per heavy atom. The van der Waals surface area contributed by atoms with E-state index in [1.165, 1.54) is 4.68 Å². The largest absolute Gasteiger partial charge is 0.497 e. The second-order valence-electron chi connectivity index (χ2n) is 6.84. The number of aromatic nitrogens is 2. The summed E-state index contributed by atoms with van der Waals surface area (Å²) < 4.78 is 51.5. The second kappa shape index (κ2) is 9.42. The molecule has 0 amide bonds. The topological polar surface area (TPSA) is 60.3 Å². The van der Waals surface area contributed by atoms with Gasteiger partial charge in [0.15, 0.2) is 10.8 Å². The lowest BCUT2D eigenvalue weighted by molar-refractivity contribution is -0.142. The number of halogens is 4. The van der Waals surface area contributed by atoms with Gasteiger partial charge in [-0.15, -0.1) is 0 Å². The van der Waals surface area contributed by atoms with Gasteiger partial charge in [0, 0.05) is 25.1 Å². The third-order valence-corrected chi connectivity index (χ3v) is 5.68. The molecule has 6 nitrogen and oxygen atoms in total. The summed E-state index contributed by atoms with van der Waals surface area (Å²) in [6.45, 7) is 0.842. The van der Waals surface area contributed by atoms with E-state index >= 15 is 0 Å². The Morgan fingerprint density at radius 2 is 2.03 bits per heavy atom. The van der Waals surface area contributed by atoms with E-state index in [0.717, 1.165) is 12.8 Å². The van der Waals surface area contributed by atoms with Gasteiger partial charge in [0.1, 0.15) is 11.5 Å². The fourth-order valence-corrected chi connectivity index (χ4v) is 4.09. The SMILES string of the molecule is COc1ccc(NC(=S)NCCCn2nc(C(F)(F)F)c(Br)c2C2CC2)c(OC)c1. The first-order chi connectivity index (χ1) is 14.2. The van der Waals surface area contributed by atoms with Gasteiger partial charge in [0.05, 0.1) is 30.1 Å². The van der Waals surface area contributed by atoms with Crippen LogP contribution in [-0.2, 0) is 12.7 Å². The molecule has 1 heterocycles. The van der Waals surface area contributed by atoms with Crippen LogP contribution in [0, 0.1) is 0 Å². The van der Waals surface area contributed by atoms with Crippen molar-refractivity contribution in [2.24, 2.45) is 0 Å². The van der Waals surface area contributed by atoms with E-state index in [4.69, 9.17) is 21.7 Å². The van der Waals surface area contributed by atoms with Crippen LogP contribution < -0.4 is 20.1 Å². The van der Waals surface area contributed by atoms with Gasteiger partial charge in [-0.3, -0.25) is 4.68 Å². The van der Waals surface area contributed by atoms with Crippen LogP contribution in [0.25, 0.3) is 0 Å². The third kappa shape index (κ3) is 5.37. The van der Waals surface area contributed by atoms with Crippen molar-refractivity contribution < 1.29 is 22.6 Å². The lowest BCUT2D eigenvalue weighted by atomic mass is 10.2. The highest BCUT2D eigenvalue weighted by Gasteiger charge is 2.41. The average molecular weight is 507 g/mol. The Bertz CT molecular complexity index is 916. The van der Waals surface area contributed by atoms with Crippen molar-refractivity contribution in [1.29, 1.82) is 0 Å². The lowest BCUT2D eigenvalue weighted by Gasteiger charge is -2.14. The van der Waals surface area contributed by atoms with Crippen LogP contribution in [0.5, 0.6) is 11.5 Å². The molecule has 0 radical (unpaired) electrons. The molecule has 0 unspecified atom stereocenters. The van der Waals surface area contributed by atoms with Gasteiger partial charge < -0.3 is 20.1 Å². The summed E-state index contributed by atoms with van der Waals surface area (Å²) in [6.07, 6.45) is -2.14. The lowest BCUT2D eigenvalue weighted by Crippen LogP contribution is -2.30. The Hall–Kier alpha value is -2.01. The molecule has 1 saturated carbocycles. The number of alkyl halides is 3. The Balaban J connectivity index is 1.55. The molecule has 0 saturated heterocycles. The summed E-state index contributed by atoms with van der Waals surface area (Å²) in [5.74, 6) is 1.38. The van der Waals surface area contributed by atoms with Crippen LogP contribution in [0.1, 0.15) is 36.6 Å². The zero-order chi connectivity index (χ0) is 21.9. The van der Waals surface area contributed by atoms with E-state index in [1.807, 2.05) is 0 Å². The third-order valence-electron chi connectivity index (χ3n) is 4.65. The predicted molar refractivity (Wildman–Crippen MR) is 115 cm³/mol. The number of aryl methyl sites for hydroxylation is 1. The zero-order valence-corrected chi connectivity index (χ0v) is 18.9. The van der Waals surface area contributed by atoms with Gasteiger partial charge in [-0.05, 0) is 59.5 Å². The van der Waals surface area contributed by atoms with Crippen molar-refractivity contribution >= 4 is 38.9 Å². The molecule has 3 rings (SSSR count). The molecule has 2 N–H and O–H groups in total. The van der Waals surface area contributed by atoms with Gasteiger partial charge in [-0.25, -0.2) is 0 Å². The van der Waals surface area contributed by atoms with Gasteiger partial charge in [0.25, 0.3) is 0 Å². The van der Waals surface area contributed by atoms with Crippen LogP contribution in [0.3, 0.4) is 0 Å². The van der Waals surface area contributed by atoms with Gasteiger partial charge in [-0.1, -0.05) is 0 Å². The fraction of sp³-hybridized carbons (Fsp3) is 0.474. The molecule has 2 aromatic rings. The van der Waals surface area contributed by atoms with Crippen LogP contribution in [-0.4, -0.2) is 35.7 Å². The van der Waals surface area contributed by atoms with E-state index in [1.54, 1.807) is 32.4 Å². The van der Waals surface area contributed by atoms with E-state index in [2.05, 4.69) is 31.7 Å². The maximum Gasteiger partial charge on any atom is 0.436 e. The van der Waals surface area contributed by atoms with Crippen molar-refractivity contribution in [3.63, 3.8) is 0 Å². The van der Waals surface area contributed by atoms with Gasteiger partial charge >= 0.3 is 6.18 Å². The zero-order valence-electron chi connectivity index (χ0n) is 16.5. The summed E-state index contributed by atoms with van der Waals surface area (Å²) in [5.41, 5.74) is 0.449. The number of thiocarbonyl (C=S) groups is 1. The number of hydrogen-bond donors (Lipinski definition) is 2. The van der Waals surface area contributed by atoms with Crippen molar-refractivity contribution in [3.8, 4) is 11.5 Å². The minimum Gasteiger partial charge on any atom is -0.497 e. The van der Waals surface area contributed by atoms with Crippen molar-refractivity contribution in [2.75, 3.05) is 26.1 Å². The molecule has 1 aliphatic carbocycles. The van der Waals surface area contributed by atoms with E-state index < -0.39 is 11.9 Å². The van der Waals surface area contributed by atoms with Crippen LogP contribution in [0.4, 0.5) is 18.9 Å². The first-order valence-corrected chi connectivity index (χ1v) is 10.5. The molecule has 0 bridgehead atoms. The standard InChI is InChI=1S/C19H22BrF3N4O2S/c1-28-12-6-7-13(14(10-12)29-2)25-18(30)24-8-3-9-27-16(11-4-5-11)15(20)17(26-27)19(21,22)23/h6-7,10-11H,3-5,8-9H2,1-2H3,(H2,24,25,30). The van der Waals surface area contributed by atoms with E-state index in [9.17, 15) is 13.2 Å². The van der Waals surface area contributed by atoms with Gasteiger partial charge in [-0.2, -0.15) is 18.3 Å². The number of benzene rings is 1. The summed E-state index contributed by atoms with van der Waals surface area (Å²) in [4.78, 5) is 0. The number of nitrogens with one attached hydrogen (secondary N) is 2. The van der Waals surface area contributed by atoms with Crippen molar-refractivity contribution in [1.82, 2.24) is 15.1 Å². The van der Waals surface area contributed by atoms with E-state index in [-0.39, 0.29) is 10.4 Å². The minimum atomic E-state index is -4.48. The smallest absolute Gasteiger partial charge is 0.436 e. The Labute approximate surface area is 186 Å². The first kappa shape index (κ1) is 22.7. The molecular weight excluding hydrogens is 485 g/mol. The molecule has 1 aliphatic rings. The Morgan fingerprint density at radius 3 is 2.63 bits per heavy atom. The second-order valence-corrected chi connectivity index (χ2v) is 8.04. The molecule has 0 aliphatic heterocycles. The predicted octanol–water partition coefficient (Wildman–Crippen LogP) is 4.94. The monoisotopic (exact) mass is 506 g/mol. The fourth-order valence-electron chi connectivity index (χ4n) is 3.05. The normalized spacial score (nSPS) is 13.8. The molecule has 0 spiro atoms. The first-order valence-electron chi connectivity index (χ1n) is 9.34. The Kier molecular flexibility index (Phi) is 7.12. The summed E-state index contributed by atoms with van der Waals surface area (Å²) in [5, 5.41) is 10.3. The summed E-state index contributed by atoms with van der Waals surface area (Å²) >= 11 is 8.40. The summed E-state index contributed by atoms with van der Waals surface area (Å²) in [7, 11) is 3.11. The van der Waals surface area contributed by atoms with Gasteiger partial charge in [0.2, 0.25) is 0 Å². The highest BCUT2D eigenvalue weighted by atomic mass is 79.9. The average Bonchev–Trinajstić information content (AvgIpc) is 3.47. The number of anilines is 1. The number of ether oxygens (including phenoxy) is 2. The quantitative estimate of drug-likeness (QED) is 0.390. The van der Waals surface area contributed by atoms with Crippen molar-refractivity contribution in [3.05, 3.63) is 34.1 Å². The van der Waals surface area contributed by atoms with Crippen LogP contribution in [0.2, 0.25) is 0 Å². The molecule has 1 aromatic carbocycles. The number of methoxy groups -OCH3 is 2. The number of hydrogen-bond acceptors (Lipinski definition) is 4. The highest BCUT2D eigenvalue weighted by Crippen LogP contribution is 2.47. The molecule has 1 aromatic heterocycles. The highest BCUT2D eigenvalue weighted by molar-refractivity contribution is 9.10. The van der Waals surface area contributed by atoms with Crippen LogP contribution >= 0.6 is 28.1 Å². The molecule has 0 atom stereocenters. The molecule has 11 heteroatoms. The minimum absolute atomic E-state index is 0.0641. The molecule has 164 valence electrons.